The Bertz CT molecular complexity index is 519. The zero-order valence-electron chi connectivity index (χ0n) is 13.2. The van der Waals surface area contributed by atoms with Crippen LogP contribution in [0.3, 0.4) is 0 Å². The monoisotopic (exact) mass is 333 g/mol. The number of hydrogen-bond acceptors (Lipinski definition) is 3. The number of methoxy groups -OCH3 is 1. The molecule has 0 fully saturated rings. The Morgan fingerprint density at radius 1 is 1.30 bits per heavy atom. The fourth-order valence-corrected chi connectivity index (χ4v) is 1.71. The molecular weight excluding hydrogens is 311 g/mol. The molecule has 8 heteroatoms. The molecule has 23 heavy (non-hydrogen) atoms. The molecule has 0 bridgehead atoms. The van der Waals surface area contributed by atoms with E-state index in [1.54, 1.807) is 12.1 Å². The van der Waals surface area contributed by atoms with Gasteiger partial charge >= 0.3 is 6.18 Å². The fraction of sp³-hybridized carbons (Fsp3) is 0.533. The highest BCUT2D eigenvalue weighted by Gasteiger charge is 2.29. The summed E-state index contributed by atoms with van der Waals surface area (Å²) in [5.41, 5.74) is 6.47. The van der Waals surface area contributed by atoms with Gasteiger partial charge in [-0.1, -0.05) is 19.4 Å². The van der Waals surface area contributed by atoms with Crippen LogP contribution >= 0.6 is 0 Å². The van der Waals surface area contributed by atoms with Crippen molar-refractivity contribution in [2.24, 2.45) is 10.7 Å². The van der Waals surface area contributed by atoms with Crippen LogP contribution in [0.2, 0.25) is 0 Å². The van der Waals surface area contributed by atoms with Gasteiger partial charge in [-0.25, -0.2) is 4.99 Å². The number of unbranched alkanes of at least 4 members (excludes halogenated alkanes) is 1. The molecule has 0 saturated heterocycles. The van der Waals surface area contributed by atoms with Crippen LogP contribution in [0.25, 0.3) is 0 Å². The van der Waals surface area contributed by atoms with Crippen molar-refractivity contribution in [2.75, 3.05) is 20.3 Å². The van der Waals surface area contributed by atoms with Crippen LogP contribution in [0.4, 0.5) is 13.2 Å². The maximum absolute atomic E-state index is 12.2. The largest absolute Gasteiger partial charge is 0.493 e. The number of aliphatic imine (C=N–C) groups is 1. The van der Waals surface area contributed by atoms with Crippen LogP contribution in [0, 0.1) is 0 Å². The second-order valence-corrected chi connectivity index (χ2v) is 4.87. The third-order valence-corrected chi connectivity index (χ3v) is 2.89. The molecule has 1 aromatic carbocycles. The first-order valence-corrected chi connectivity index (χ1v) is 7.26. The predicted molar refractivity (Wildman–Crippen MR) is 82.8 cm³/mol. The minimum Gasteiger partial charge on any atom is -0.493 e. The first-order valence-electron chi connectivity index (χ1n) is 7.26. The molecule has 1 rings (SSSR count). The van der Waals surface area contributed by atoms with Crippen molar-refractivity contribution in [3.8, 4) is 11.5 Å². The molecule has 0 radical (unpaired) electrons. The third-order valence-electron chi connectivity index (χ3n) is 2.89. The number of benzene rings is 1. The minimum atomic E-state index is -4.40. The van der Waals surface area contributed by atoms with Crippen molar-refractivity contribution in [3.05, 3.63) is 23.8 Å². The van der Waals surface area contributed by atoms with Crippen molar-refractivity contribution >= 4 is 5.96 Å². The first kappa shape index (κ1) is 18.9. The molecule has 0 amide bonds. The van der Waals surface area contributed by atoms with Crippen LogP contribution in [-0.4, -0.2) is 32.4 Å². The van der Waals surface area contributed by atoms with Crippen LogP contribution in [0.1, 0.15) is 25.3 Å². The minimum absolute atomic E-state index is 0.0339. The van der Waals surface area contributed by atoms with E-state index in [0.29, 0.717) is 12.5 Å². The van der Waals surface area contributed by atoms with Gasteiger partial charge in [0.1, 0.15) is 0 Å². The lowest BCUT2D eigenvalue weighted by Crippen LogP contribution is -2.32. The Hall–Kier alpha value is -2.12. The zero-order valence-corrected chi connectivity index (χ0v) is 13.2. The molecular formula is C15H22F3N3O2. The number of hydrogen-bond donors (Lipinski definition) is 2. The van der Waals surface area contributed by atoms with Crippen LogP contribution in [-0.2, 0) is 6.54 Å². The van der Waals surface area contributed by atoms with Crippen molar-refractivity contribution in [3.63, 3.8) is 0 Å². The van der Waals surface area contributed by atoms with E-state index in [1.807, 2.05) is 0 Å². The normalized spacial score (nSPS) is 12.1. The fourth-order valence-electron chi connectivity index (χ4n) is 1.71. The van der Waals surface area contributed by atoms with Gasteiger partial charge in [0.15, 0.2) is 24.1 Å². The molecule has 1 aromatic rings. The summed E-state index contributed by atoms with van der Waals surface area (Å²) in [6.45, 7) is 1.75. The van der Waals surface area contributed by atoms with Crippen molar-refractivity contribution in [2.45, 2.75) is 32.5 Å². The number of nitrogens with one attached hydrogen (secondary N) is 1. The van der Waals surface area contributed by atoms with E-state index in [0.717, 1.165) is 24.9 Å². The number of nitrogens with two attached hydrogens (primary N) is 1. The number of ether oxygens (including phenoxy) is 2. The molecule has 130 valence electrons. The van der Waals surface area contributed by atoms with Crippen LogP contribution in [0.15, 0.2) is 23.2 Å². The quantitative estimate of drug-likeness (QED) is 0.436. The molecule has 0 unspecified atom stereocenters. The first-order chi connectivity index (χ1) is 10.9. The smallest absolute Gasteiger partial charge is 0.422 e. The highest BCUT2D eigenvalue weighted by atomic mass is 19.4. The van der Waals surface area contributed by atoms with E-state index >= 15 is 0 Å². The topological polar surface area (TPSA) is 68.9 Å². The molecule has 0 aliphatic heterocycles. The summed E-state index contributed by atoms with van der Waals surface area (Å²) in [4.78, 5) is 4.16. The van der Waals surface area contributed by atoms with Gasteiger partial charge in [0.2, 0.25) is 0 Å². The summed E-state index contributed by atoms with van der Waals surface area (Å²) in [6, 6.07) is 4.63. The van der Waals surface area contributed by atoms with E-state index in [-0.39, 0.29) is 11.5 Å². The van der Waals surface area contributed by atoms with Gasteiger partial charge in [0.05, 0.1) is 13.7 Å². The van der Waals surface area contributed by atoms with Gasteiger partial charge in [-0.15, -0.1) is 0 Å². The molecule has 0 aliphatic rings. The molecule has 0 heterocycles. The third kappa shape index (κ3) is 7.62. The standard InChI is InChI=1S/C15H22F3N3O2/c1-3-4-7-20-14(19)21-9-11-5-6-12(13(8-11)22-2)23-10-15(16,17)18/h5-6,8H,3-4,7,9-10H2,1-2H3,(H3,19,20,21). The van der Waals surface area contributed by atoms with Crippen LogP contribution in [0.5, 0.6) is 11.5 Å². The highest BCUT2D eigenvalue weighted by molar-refractivity contribution is 5.77. The molecule has 0 atom stereocenters. The molecule has 0 saturated carbocycles. The summed E-state index contributed by atoms with van der Waals surface area (Å²) in [7, 11) is 1.36. The van der Waals surface area contributed by atoms with E-state index in [2.05, 4.69) is 17.2 Å². The number of alkyl halides is 3. The number of halogens is 3. The molecule has 5 nitrogen and oxygen atoms in total. The Kier molecular flexibility index (Phi) is 7.50. The highest BCUT2D eigenvalue weighted by Crippen LogP contribution is 2.30. The van der Waals surface area contributed by atoms with Gasteiger partial charge in [0, 0.05) is 6.54 Å². The average molecular weight is 333 g/mol. The van der Waals surface area contributed by atoms with Gasteiger partial charge in [0.25, 0.3) is 0 Å². The Labute approximate surface area is 133 Å². The average Bonchev–Trinajstić information content (AvgIpc) is 2.50. The lowest BCUT2D eigenvalue weighted by molar-refractivity contribution is -0.153. The Morgan fingerprint density at radius 3 is 2.65 bits per heavy atom. The van der Waals surface area contributed by atoms with Crippen molar-refractivity contribution in [1.82, 2.24) is 5.32 Å². The molecule has 0 aromatic heterocycles. The summed E-state index contributed by atoms with van der Waals surface area (Å²) in [5.74, 6) is 0.584. The second-order valence-electron chi connectivity index (χ2n) is 4.87. The van der Waals surface area contributed by atoms with Gasteiger partial charge in [-0.2, -0.15) is 13.2 Å². The summed E-state index contributed by atoms with van der Waals surface area (Å²) >= 11 is 0. The van der Waals surface area contributed by atoms with E-state index in [4.69, 9.17) is 15.2 Å². The summed E-state index contributed by atoms with van der Waals surface area (Å²) < 4.78 is 46.3. The number of rotatable bonds is 8. The van der Waals surface area contributed by atoms with Gasteiger partial charge < -0.3 is 20.5 Å². The molecule has 3 N–H and O–H groups in total. The van der Waals surface area contributed by atoms with Gasteiger partial charge in [-0.05, 0) is 24.1 Å². The van der Waals surface area contributed by atoms with Gasteiger partial charge in [-0.3, -0.25) is 0 Å². The van der Waals surface area contributed by atoms with Crippen LogP contribution < -0.4 is 20.5 Å². The van der Waals surface area contributed by atoms with Crippen molar-refractivity contribution < 1.29 is 22.6 Å². The Balaban J connectivity index is 2.66. The second kappa shape index (κ2) is 9.12. The molecule has 0 spiro atoms. The zero-order chi connectivity index (χ0) is 17.3. The summed E-state index contributed by atoms with van der Waals surface area (Å²) in [5, 5.41) is 2.98. The SMILES string of the molecule is CCCCNC(N)=NCc1ccc(OCC(F)(F)F)c(OC)c1. The van der Waals surface area contributed by atoms with E-state index < -0.39 is 12.8 Å². The lowest BCUT2D eigenvalue weighted by Gasteiger charge is -2.13. The molecule has 0 aliphatic carbocycles. The maximum Gasteiger partial charge on any atom is 0.422 e. The maximum atomic E-state index is 12.2. The van der Waals surface area contributed by atoms with E-state index in [1.165, 1.54) is 13.2 Å². The lowest BCUT2D eigenvalue weighted by atomic mass is 10.2. The number of nitrogens with zero attached hydrogens (tertiary/aromatic N) is 1. The van der Waals surface area contributed by atoms with Crippen molar-refractivity contribution in [1.29, 1.82) is 0 Å². The predicted octanol–water partition coefficient (Wildman–Crippen LogP) is 2.84. The summed E-state index contributed by atoms with van der Waals surface area (Å²) in [6.07, 6.45) is -2.35. The van der Waals surface area contributed by atoms with E-state index in [9.17, 15) is 13.2 Å². The number of guanidine groups is 1. The Morgan fingerprint density at radius 2 is 2.04 bits per heavy atom.